The predicted octanol–water partition coefficient (Wildman–Crippen LogP) is 3.92. The third-order valence-corrected chi connectivity index (χ3v) is 4.81. The highest BCUT2D eigenvalue weighted by molar-refractivity contribution is 9.10. The summed E-state index contributed by atoms with van der Waals surface area (Å²) in [4.78, 5) is 3.06. The van der Waals surface area contributed by atoms with Crippen LogP contribution in [0.2, 0.25) is 0 Å². The van der Waals surface area contributed by atoms with Gasteiger partial charge >= 0.3 is 0 Å². The summed E-state index contributed by atoms with van der Waals surface area (Å²) in [6.07, 6.45) is 0. The Kier molecular flexibility index (Phi) is 5.26. The van der Waals surface area contributed by atoms with Crippen LogP contribution >= 0.6 is 27.3 Å². The first-order valence-electron chi connectivity index (χ1n) is 6.10. The lowest BCUT2D eigenvalue weighted by Gasteiger charge is -2.27. The van der Waals surface area contributed by atoms with Crippen molar-refractivity contribution in [2.75, 3.05) is 13.6 Å². The highest BCUT2D eigenvalue weighted by Gasteiger charge is 2.21. The van der Waals surface area contributed by atoms with Crippen LogP contribution in [-0.4, -0.2) is 18.5 Å². The Bertz CT molecular complexity index is 588. The molecule has 0 bridgehead atoms. The Hall–Kier alpha value is -0.820. The summed E-state index contributed by atoms with van der Waals surface area (Å²) in [7, 11) is 1.86. The largest absolute Gasteiger partial charge is 0.329 e. The van der Waals surface area contributed by atoms with Gasteiger partial charge in [-0.15, -0.1) is 11.3 Å². The van der Waals surface area contributed by atoms with Gasteiger partial charge in [-0.2, -0.15) is 0 Å². The highest BCUT2D eigenvalue weighted by atomic mass is 79.9. The van der Waals surface area contributed by atoms with Gasteiger partial charge in [0.2, 0.25) is 0 Å². The van der Waals surface area contributed by atoms with Crippen molar-refractivity contribution in [1.29, 1.82) is 0 Å². The minimum atomic E-state index is -0.840. The maximum absolute atomic E-state index is 13.9. The van der Waals surface area contributed by atoms with Gasteiger partial charge in [0.25, 0.3) is 0 Å². The number of hydrogen-bond donors (Lipinski definition) is 1. The summed E-state index contributed by atoms with van der Waals surface area (Å²) in [5.74, 6) is -1.66. The summed E-state index contributed by atoms with van der Waals surface area (Å²) >= 11 is 5.01. The number of nitrogens with two attached hydrogens (primary N) is 1. The maximum atomic E-state index is 13.9. The first-order chi connectivity index (χ1) is 9.52. The molecule has 1 heterocycles. The van der Waals surface area contributed by atoms with Crippen molar-refractivity contribution in [2.24, 2.45) is 5.73 Å². The van der Waals surface area contributed by atoms with Crippen LogP contribution in [0.5, 0.6) is 0 Å². The molecule has 0 aliphatic carbocycles. The molecule has 0 saturated carbocycles. The van der Waals surface area contributed by atoms with Crippen molar-refractivity contribution < 1.29 is 8.78 Å². The van der Waals surface area contributed by atoms with Crippen LogP contribution in [0.1, 0.15) is 16.5 Å². The molecule has 1 atom stereocenters. The number of benzene rings is 1. The lowest BCUT2D eigenvalue weighted by atomic mass is 10.0. The number of likely N-dealkylation sites (N-methyl/N-ethyl adjacent to an activating group) is 1. The normalized spacial score (nSPS) is 12.9. The molecule has 20 heavy (non-hydrogen) atoms. The van der Waals surface area contributed by atoms with Gasteiger partial charge in [-0.05, 0) is 35.1 Å². The van der Waals surface area contributed by atoms with E-state index in [9.17, 15) is 8.78 Å². The molecule has 108 valence electrons. The first kappa shape index (κ1) is 15.6. The van der Waals surface area contributed by atoms with Crippen molar-refractivity contribution in [3.05, 3.63) is 56.2 Å². The average molecular weight is 361 g/mol. The zero-order valence-corrected chi connectivity index (χ0v) is 13.3. The lowest BCUT2D eigenvalue weighted by molar-refractivity contribution is 0.237. The lowest BCUT2D eigenvalue weighted by Crippen LogP contribution is -2.30. The van der Waals surface area contributed by atoms with E-state index in [1.807, 2.05) is 23.4 Å². The molecular weight excluding hydrogens is 346 g/mol. The molecule has 2 nitrogen and oxygen atoms in total. The summed E-state index contributed by atoms with van der Waals surface area (Å²) in [5.41, 5.74) is 6.04. The standard InChI is InChI=1S/C14H15BrF2N2S/c1-19(7-10-5-9(15)8-20-10)13(6-18)11-3-2-4-12(16)14(11)17/h2-5,8,13H,6-7,18H2,1H3. The molecule has 0 aliphatic heterocycles. The fourth-order valence-corrected chi connectivity index (χ4v) is 3.63. The minimum Gasteiger partial charge on any atom is -0.329 e. The molecule has 2 rings (SSSR count). The topological polar surface area (TPSA) is 29.3 Å². The summed E-state index contributed by atoms with van der Waals surface area (Å²) in [5, 5.41) is 1.99. The maximum Gasteiger partial charge on any atom is 0.163 e. The van der Waals surface area contributed by atoms with E-state index in [1.54, 1.807) is 17.4 Å². The van der Waals surface area contributed by atoms with E-state index in [4.69, 9.17) is 5.73 Å². The number of thiophene rings is 1. The zero-order valence-electron chi connectivity index (χ0n) is 10.9. The smallest absolute Gasteiger partial charge is 0.163 e. The van der Waals surface area contributed by atoms with Crippen molar-refractivity contribution >= 4 is 27.3 Å². The van der Waals surface area contributed by atoms with Gasteiger partial charge < -0.3 is 5.73 Å². The molecule has 6 heteroatoms. The van der Waals surface area contributed by atoms with Crippen molar-refractivity contribution in [3.63, 3.8) is 0 Å². The van der Waals surface area contributed by atoms with Crippen molar-refractivity contribution in [3.8, 4) is 0 Å². The number of nitrogens with zero attached hydrogens (tertiary/aromatic N) is 1. The van der Waals surface area contributed by atoms with Gasteiger partial charge in [-0.3, -0.25) is 4.90 Å². The molecule has 0 amide bonds. The summed E-state index contributed by atoms with van der Waals surface area (Å²) in [6.45, 7) is 0.859. The molecule has 1 unspecified atom stereocenters. The van der Waals surface area contributed by atoms with Crippen molar-refractivity contribution in [1.82, 2.24) is 4.90 Å². The highest BCUT2D eigenvalue weighted by Crippen LogP contribution is 2.27. The molecule has 0 saturated heterocycles. The van der Waals surface area contributed by atoms with Crippen molar-refractivity contribution in [2.45, 2.75) is 12.6 Å². The molecular formula is C14H15BrF2N2S. The van der Waals surface area contributed by atoms with E-state index in [1.165, 1.54) is 6.07 Å². The average Bonchev–Trinajstić information content (AvgIpc) is 2.81. The molecule has 0 fully saturated rings. The van der Waals surface area contributed by atoms with Gasteiger partial charge in [0.05, 0.1) is 6.04 Å². The minimum absolute atomic E-state index is 0.226. The molecule has 2 aromatic rings. The van der Waals surface area contributed by atoms with E-state index >= 15 is 0 Å². The van der Waals surface area contributed by atoms with Gasteiger partial charge in [0, 0.05) is 33.4 Å². The second-order valence-corrected chi connectivity index (χ2v) is 6.45. The van der Waals surface area contributed by atoms with Gasteiger partial charge in [-0.1, -0.05) is 12.1 Å². The molecule has 1 aromatic heterocycles. The molecule has 1 aromatic carbocycles. The van der Waals surface area contributed by atoms with Crippen LogP contribution < -0.4 is 5.73 Å². The fraction of sp³-hybridized carbons (Fsp3) is 0.286. The van der Waals surface area contributed by atoms with Crippen LogP contribution in [0.3, 0.4) is 0 Å². The van der Waals surface area contributed by atoms with Gasteiger partial charge in [0.15, 0.2) is 11.6 Å². The van der Waals surface area contributed by atoms with E-state index in [0.717, 1.165) is 15.4 Å². The molecule has 0 aliphatic rings. The van der Waals surface area contributed by atoms with E-state index in [0.29, 0.717) is 12.1 Å². The van der Waals surface area contributed by atoms with Crippen LogP contribution in [0, 0.1) is 11.6 Å². The van der Waals surface area contributed by atoms with Crippen LogP contribution in [0.4, 0.5) is 8.78 Å². The van der Waals surface area contributed by atoms with Gasteiger partial charge in [0.1, 0.15) is 0 Å². The molecule has 2 N–H and O–H groups in total. The van der Waals surface area contributed by atoms with Crippen LogP contribution in [-0.2, 0) is 6.54 Å². The van der Waals surface area contributed by atoms with Crippen LogP contribution in [0.15, 0.2) is 34.1 Å². The van der Waals surface area contributed by atoms with E-state index in [2.05, 4.69) is 15.9 Å². The molecule has 0 radical (unpaired) electrons. The quantitative estimate of drug-likeness (QED) is 0.875. The van der Waals surface area contributed by atoms with Gasteiger partial charge in [-0.25, -0.2) is 8.78 Å². The first-order valence-corrected chi connectivity index (χ1v) is 7.77. The third-order valence-electron chi connectivity index (χ3n) is 3.12. The fourth-order valence-electron chi connectivity index (χ4n) is 2.11. The second kappa shape index (κ2) is 6.76. The Labute approximate surface area is 129 Å². The number of rotatable bonds is 5. The molecule has 0 spiro atoms. The van der Waals surface area contributed by atoms with Crippen LogP contribution in [0.25, 0.3) is 0 Å². The zero-order chi connectivity index (χ0) is 14.7. The number of halogens is 3. The van der Waals surface area contributed by atoms with E-state index < -0.39 is 11.6 Å². The third kappa shape index (κ3) is 3.44. The monoisotopic (exact) mass is 360 g/mol. The van der Waals surface area contributed by atoms with E-state index in [-0.39, 0.29) is 12.6 Å². The Balaban J connectivity index is 2.20. The Morgan fingerprint density at radius 2 is 2.15 bits per heavy atom. The summed E-state index contributed by atoms with van der Waals surface area (Å²) in [6, 6.07) is 5.86. The SMILES string of the molecule is CN(Cc1cc(Br)cs1)C(CN)c1cccc(F)c1F. The number of hydrogen-bond acceptors (Lipinski definition) is 3. The second-order valence-electron chi connectivity index (χ2n) is 4.54. The summed E-state index contributed by atoms with van der Waals surface area (Å²) < 4.78 is 28.2. The Morgan fingerprint density at radius 3 is 2.75 bits per heavy atom. The predicted molar refractivity (Wildman–Crippen MR) is 81.6 cm³/mol. The Morgan fingerprint density at radius 1 is 1.40 bits per heavy atom.